The van der Waals surface area contributed by atoms with Gasteiger partial charge in [-0.25, -0.2) is 13.4 Å². The van der Waals surface area contributed by atoms with Crippen LogP contribution in [0.25, 0.3) is 0 Å². The molecule has 0 aromatic carbocycles. The maximum absolute atomic E-state index is 13.3. The Hall–Kier alpha value is -2.37. The maximum atomic E-state index is 13.3. The average molecular weight is 501 g/mol. The molecule has 2 aliphatic carbocycles. The van der Waals surface area contributed by atoms with Crippen LogP contribution in [0, 0.1) is 17.8 Å². The standard InChI is InChI=1S/C22H27F3N4O4S/c1-34(30,31)16-2-3-18(26-13-16)32-11-6-15-12-17(15)14-4-9-29(10-5-14)20-27-19(33-28-20)21(7-8-21)22(23,24)25/h2-3,13-15,17H,4-12H2,1H3/t15-,17-/m1/s1. The van der Waals surface area contributed by atoms with Crippen LogP contribution in [0.5, 0.6) is 5.88 Å². The first-order valence-corrected chi connectivity index (χ1v) is 13.4. The van der Waals surface area contributed by atoms with E-state index in [9.17, 15) is 21.6 Å². The van der Waals surface area contributed by atoms with Gasteiger partial charge in [-0.3, -0.25) is 0 Å². The molecule has 0 N–H and O–H groups in total. The van der Waals surface area contributed by atoms with Gasteiger partial charge in [-0.05, 0) is 67.5 Å². The van der Waals surface area contributed by atoms with Crippen LogP contribution in [0.1, 0.15) is 44.4 Å². The van der Waals surface area contributed by atoms with Crippen LogP contribution in [0.3, 0.4) is 0 Å². The van der Waals surface area contributed by atoms with Gasteiger partial charge in [0.1, 0.15) is 5.41 Å². The summed E-state index contributed by atoms with van der Waals surface area (Å²) >= 11 is 0. The predicted octanol–water partition coefficient (Wildman–Crippen LogP) is 3.78. The Morgan fingerprint density at radius 3 is 2.56 bits per heavy atom. The van der Waals surface area contributed by atoms with Crippen LogP contribution in [0.2, 0.25) is 0 Å². The van der Waals surface area contributed by atoms with E-state index in [1.807, 2.05) is 4.90 Å². The zero-order chi connectivity index (χ0) is 24.1. The topological polar surface area (TPSA) is 98.4 Å². The van der Waals surface area contributed by atoms with Crippen molar-refractivity contribution in [2.24, 2.45) is 17.8 Å². The number of rotatable bonds is 8. The number of ether oxygens (including phenoxy) is 1. The molecule has 2 atom stereocenters. The van der Waals surface area contributed by atoms with Gasteiger partial charge < -0.3 is 14.2 Å². The van der Waals surface area contributed by atoms with Crippen molar-refractivity contribution in [3.05, 3.63) is 24.2 Å². The number of sulfone groups is 1. The van der Waals surface area contributed by atoms with Crippen LogP contribution >= 0.6 is 0 Å². The van der Waals surface area contributed by atoms with Gasteiger partial charge >= 0.3 is 6.18 Å². The first kappa shape index (κ1) is 23.4. The summed E-state index contributed by atoms with van der Waals surface area (Å²) in [5.41, 5.74) is -1.94. The first-order valence-electron chi connectivity index (χ1n) is 11.5. The smallest absolute Gasteiger partial charge is 0.403 e. The van der Waals surface area contributed by atoms with Crippen molar-refractivity contribution in [3.63, 3.8) is 0 Å². The molecule has 0 spiro atoms. The molecule has 3 aliphatic rings. The second kappa shape index (κ2) is 8.39. The molecule has 1 saturated heterocycles. The third kappa shape index (κ3) is 4.60. The lowest BCUT2D eigenvalue weighted by molar-refractivity contribution is -0.166. The van der Waals surface area contributed by atoms with E-state index in [0.29, 0.717) is 43.3 Å². The summed E-state index contributed by atoms with van der Waals surface area (Å²) in [7, 11) is -3.27. The molecule has 0 bridgehead atoms. The number of hydrogen-bond donors (Lipinski definition) is 0. The van der Waals surface area contributed by atoms with E-state index in [0.717, 1.165) is 31.9 Å². The van der Waals surface area contributed by atoms with Gasteiger partial charge in [0.2, 0.25) is 11.8 Å². The number of pyridine rings is 1. The summed E-state index contributed by atoms with van der Waals surface area (Å²) in [6.07, 6.45) is 2.06. The molecule has 8 nitrogen and oxygen atoms in total. The molecule has 0 unspecified atom stereocenters. The third-order valence-corrected chi connectivity index (χ3v) is 8.50. The van der Waals surface area contributed by atoms with Gasteiger partial charge in [-0.2, -0.15) is 18.2 Å². The highest BCUT2D eigenvalue weighted by atomic mass is 32.2. The quantitative estimate of drug-likeness (QED) is 0.540. The fourth-order valence-corrected chi connectivity index (χ4v) is 5.54. The molecule has 3 heterocycles. The lowest BCUT2D eigenvalue weighted by Crippen LogP contribution is -2.35. The molecule has 186 valence electrons. The minimum absolute atomic E-state index is 0.00894. The summed E-state index contributed by atoms with van der Waals surface area (Å²) in [5.74, 6) is 2.16. The van der Waals surface area contributed by atoms with Crippen molar-refractivity contribution >= 4 is 15.8 Å². The van der Waals surface area contributed by atoms with Crippen LogP contribution in [-0.4, -0.2) is 55.7 Å². The minimum atomic E-state index is -4.36. The summed E-state index contributed by atoms with van der Waals surface area (Å²) in [4.78, 5) is 10.2. The molecule has 3 fully saturated rings. The summed E-state index contributed by atoms with van der Waals surface area (Å²) in [6, 6.07) is 3.06. The number of alkyl halides is 3. The highest BCUT2D eigenvalue weighted by Crippen LogP contribution is 2.58. The Balaban J connectivity index is 1.05. The van der Waals surface area contributed by atoms with Gasteiger partial charge in [-0.15, -0.1) is 0 Å². The van der Waals surface area contributed by atoms with Gasteiger partial charge in [0.25, 0.3) is 5.95 Å². The normalized spacial score (nSPS) is 24.8. The van der Waals surface area contributed by atoms with Crippen molar-refractivity contribution in [2.75, 3.05) is 30.9 Å². The highest BCUT2D eigenvalue weighted by Gasteiger charge is 2.68. The van der Waals surface area contributed by atoms with E-state index in [1.165, 1.54) is 12.3 Å². The van der Waals surface area contributed by atoms with E-state index in [1.54, 1.807) is 6.07 Å². The van der Waals surface area contributed by atoms with E-state index in [2.05, 4.69) is 15.1 Å². The molecule has 34 heavy (non-hydrogen) atoms. The Labute approximate surface area is 195 Å². The SMILES string of the molecule is CS(=O)(=O)c1ccc(OCC[C@@H]2C[C@@H]2C2CCN(c3noc(C4(C(F)(F)F)CC4)n3)CC2)nc1. The van der Waals surface area contributed by atoms with Crippen molar-refractivity contribution in [1.29, 1.82) is 0 Å². The molecule has 2 aromatic rings. The van der Waals surface area contributed by atoms with E-state index in [-0.39, 0.29) is 29.6 Å². The molecule has 2 saturated carbocycles. The molecular weight excluding hydrogens is 473 g/mol. The van der Waals surface area contributed by atoms with Crippen molar-refractivity contribution in [1.82, 2.24) is 15.1 Å². The second-order valence-electron chi connectivity index (χ2n) is 9.70. The number of halogens is 3. The molecule has 5 rings (SSSR count). The number of anilines is 1. The molecule has 0 amide bonds. The van der Waals surface area contributed by atoms with Gasteiger partial charge in [0.05, 0.1) is 11.5 Å². The van der Waals surface area contributed by atoms with Crippen molar-refractivity contribution < 1.29 is 30.8 Å². The summed E-state index contributed by atoms with van der Waals surface area (Å²) in [6.45, 7) is 1.94. The van der Waals surface area contributed by atoms with Gasteiger partial charge in [0, 0.05) is 31.6 Å². The summed E-state index contributed by atoms with van der Waals surface area (Å²) < 4.78 is 73.5. The number of piperidine rings is 1. The second-order valence-corrected chi connectivity index (χ2v) is 11.7. The molecule has 1 aliphatic heterocycles. The number of nitrogens with zero attached hydrogens (tertiary/aromatic N) is 4. The Morgan fingerprint density at radius 1 is 1.24 bits per heavy atom. The monoisotopic (exact) mass is 500 g/mol. The molecule has 2 aromatic heterocycles. The lowest BCUT2D eigenvalue weighted by atomic mass is 9.90. The van der Waals surface area contributed by atoms with Crippen LogP contribution in [-0.2, 0) is 15.3 Å². The van der Waals surface area contributed by atoms with E-state index >= 15 is 0 Å². The first-order chi connectivity index (χ1) is 16.1. The largest absolute Gasteiger partial charge is 0.478 e. The zero-order valence-corrected chi connectivity index (χ0v) is 19.6. The average Bonchev–Trinajstić information content (AvgIpc) is 3.70. The Kier molecular flexibility index (Phi) is 5.77. The number of aromatic nitrogens is 3. The highest BCUT2D eigenvalue weighted by molar-refractivity contribution is 7.90. The molecule has 0 radical (unpaired) electrons. The van der Waals surface area contributed by atoms with Gasteiger partial charge in [0.15, 0.2) is 9.84 Å². The minimum Gasteiger partial charge on any atom is -0.478 e. The zero-order valence-electron chi connectivity index (χ0n) is 18.8. The van der Waals surface area contributed by atoms with Gasteiger partial charge in [-0.1, -0.05) is 0 Å². The van der Waals surface area contributed by atoms with E-state index in [4.69, 9.17) is 9.26 Å². The molecular formula is C22H27F3N4O4S. The maximum Gasteiger partial charge on any atom is 0.403 e. The van der Waals surface area contributed by atoms with Crippen molar-refractivity contribution in [3.8, 4) is 5.88 Å². The summed E-state index contributed by atoms with van der Waals surface area (Å²) in [5, 5.41) is 3.83. The fourth-order valence-electron chi connectivity index (χ4n) is 4.98. The lowest BCUT2D eigenvalue weighted by Gasteiger charge is -2.31. The van der Waals surface area contributed by atoms with E-state index < -0.39 is 21.4 Å². The fraction of sp³-hybridized carbons (Fsp3) is 0.682. The Bertz CT molecular complexity index is 1120. The van der Waals surface area contributed by atoms with Crippen molar-refractivity contribution in [2.45, 2.75) is 55.0 Å². The van der Waals surface area contributed by atoms with Crippen LogP contribution in [0.15, 0.2) is 27.7 Å². The third-order valence-electron chi connectivity index (χ3n) is 7.40. The molecule has 12 heteroatoms. The van der Waals surface area contributed by atoms with Crippen LogP contribution in [0.4, 0.5) is 19.1 Å². The Morgan fingerprint density at radius 2 is 1.97 bits per heavy atom. The number of hydrogen-bond acceptors (Lipinski definition) is 8. The predicted molar refractivity (Wildman–Crippen MR) is 115 cm³/mol. The van der Waals surface area contributed by atoms with Crippen LogP contribution < -0.4 is 9.64 Å².